The predicted molar refractivity (Wildman–Crippen MR) is 269 cm³/mol. The molecule has 4 atom stereocenters. The van der Waals surface area contributed by atoms with E-state index in [0.717, 1.165) is 0 Å². The van der Waals surface area contributed by atoms with E-state index in [-0.39, 0.29) is 104 Å². The summed E-state index contributed by atoms with van der Waals surface area (Å²) in [5, 5.41) is 31.6. The number of benzene rings is 4. The van der Waals surface area contributed by atoms with Crippen LogP contribution in [0.5, 0.6) is 11.5 Å². The lowest BCUT2D eigenvalue weighted by Crippen LogP contribution is -2.26. The number of rotatable bonds is 12. The first-order valence-electron chi connectivity index (χ1n) is 23.0. The van der Waals surface area contributed by atoms with E-state index in [1.54, 1.807) is 86.9 Å². The molecule has 0 amide bonds. The maximum Gasteiger partial charge on any atom is 0.193 e. The van der Waals surface area contributed by atoms with Crippen molar-refractivity contribution >= 4 is 46.3 Å². The van der Waals surface area contributed by atoms with Crippen molar-refractivity contribution in [3.05, 3.63) is 176 Å². The third kappa shape index (κ3) is 12.3. The number of Topliss-reactive ketones (excluding diaryl/α,β-unsaturated/α-hetero) is 4. The minimum Gasteiger partial charge on any atom is -0.507 e. The summed E-state index contributed by atoms with van der Waals surface area (Å²) in [5.74, 6) is -1.44. The van der Waals surface area contributed by atoms with E-state index in [4.69, 9.17) is 0 Å². The molecule has 0 saturated heterocycles. The number of carbonyl (C=O) groups is 8. The number of allylic oxidation sites excluding steroid dienone is 4. The Labute approximate surface area is 408 Å². The number of ketones is 8. The van der Waals surface area contributed by atoms with Crippen molar-refractivity contribution in [1.29, 1.82) is 0 Å². The monoisotopic (exact) mass is 948 g/mol. The molecular weight excluding hydrogens is 889 g/mol. The number of aromatic hydroxyl groups is 2. The molecule has 6 N–H and O–H groups in total. The van der Waals surface area contributed by atoms with E-state index >= 15 is 0 Å². The highest BCUT2D eigenvalue weighted by Crippen LogP contribution is 2.33. The molecule has 0 spiro atoms. The lowest BCUT2D eigenvalue weighted by molar-refractivity contribution is 0.0973. The molecule has 0 heterocycles. The van der Waals surface area contributed by atoms with Crippen LogP contribution in [0, 0.1) is 11.8 Å². The Bertz CT molecular complexity index is 2870. The lowest BCUT2D eigenvalue weighted by Gasteiger charge is -2.20. The average molecular weight is 949 g/mol. The van der Waals surface area contributed by atoms with Gasteiger partial charge in [0.05, 0.1) is 11.1 Å². The number of phenolic OH excluding ortho intramolecular Hbond substituents is 2. The van der Waals surface area contributed by atoms with E-state index in [2.05, 4.69) is 21.3 Å². The SMILES string of the molecule is CNC(C)CC1=CC(=O)c2cccc(O)c2C1=O.CNC(C)CC1=CC(=O)c2ccccc2C1=O.CNCC(C)C1=CC(=O)c2cccc(O)c2C1=O.CNCC(C)C1=CC(=O)c2ccccc2C1=O. The molecule has 0 aliphatic heterocycles. The summed E-state index contributed by atoms with van der Waals surface area (Å²) in [4.78, 5) is 96.5. The highest BCUT2D eigenvalue weighted by molar-refractivity contribution is 6.27. The van der Waals surface area contributed by atoms with Gasteiger partial charge in [0.1, 0.15) is 11.5 Å². The van der Waals surface area contributed by atoms with Gasteiger partial charge in [-0.05, 0) is 103 Å². The Morgan fingerprint density at radius 3 is 1.19 bits per heavy atom. The van der Waals surface area contributed by atoms with Gasteiger partial charge in [-0.2, -0.15) is 0 Å². The van der Waals surface area contributed by atoms with E-state index < -0.39 is 0 Å². The molecule has 14 heteroatoms. The molecule has 70 heavy (non-hydrogen) atoms. The second-order valence-electron chi connectivity index (χ2n) is 17.5. The van der Waals surface area contributed by atoms with Gasteiger partial charge in [-0.25, -0.2) is 0 Å². The molecule has 0 radical (unpaired) electrons. The van der Waals surface area contributed by atoms with E-state index in [1.165, 1.54) is 36.4 Å². The fourth-order valence-electron chi connectivity index (χ4n) is 8.30. The molecule has 0 fully saturated rings. The van der Waals surface area contributed by atoms with Gasteiger partial charge in [0.25, 0.3) is 0 Å². The summed E-state index contributed by atoms with van der Waals surface area (Å²) in [7, 11) is 7.26. The van der Waals surface area contributed by atoms with Crippen molar-refractivity contribution in [2.24, 2.45) is 11.8 Å². The summed E-state index contributed by atoms with van der Waals surface area (Å²) in [5.41, 5.74) is 4.97. The van der Waals surface area contributed by atoms with Crippen LogP contribution in [0.4, 0.5) is 0 Å². The molecule has 4 aromatic carbocycles. The molecule has 364 valence electrons. The Kier molecular flexibility index (Phi) is 18.6. The van der Waals surface area contributed by atoms with Gasteiger partial charge < -0.3 is 31.5 Å². The van der Waals surface area contributed by atoms with Crippen LogP contribution in [-0.2, 0) is 0 Å². The Balaban J connectivity index is 0.000000174. The van der Waals surface area contributed by atoms with Crippen molar-refractivity contribution in [3.63, 3.8) is 0 Å². The first kappa shape index (κ1) is 53.6. The van der Waals surface area contributed by atoms with Crippen LogP contribution >= 0.6 is 0 Å². The average Bonchev–Trinajstić information content (AvgIpc) is 3.35. The first-order valence-corrected chi connectivity index (χ1v) is 23.0. The minimum atomic E-state index is -0.259. The molecule has 4 aliphatic rings. The van der Waals surface area contributed by atoms with Crippen LogP contribution in [0.1, 0.15) is 123 Å². The zero-order chi connectivity index (χ0) is 51.4. The second kappa shape index (κ2) is 24.3. The quantitative estimate of drug-likeness (QED) is 0.0835. The molecule has 4 unspecified atom stereocenters. The van der Waals surface area contributed by atoms with Crippen molar-refractivity contribution in [2.45, 2.75) is 52.6 Å². The predicted octanol–water partition coefficient (Wildman–Crippen LogP) is 7.09. The number of fused-ring (bicyclic) bond motifs is 4. The van der Waals surface area contributed by atoms with Crippen molar-refractivity contribution < 1.29 is 48.6 Å². The van der Waals surface area contributed by atoms with Crippen LogP contribution in [0.2, 0.25) is 0 Å². The zero-order valence-corrected chi connectivity index (χ0v) is 40.7. The summed E-state index contributed by atoms with van der Waals surface area (Å²) in [6, 6.07) is 23.3. The summed E-state index contributed by atoms with van der Waals surface area (Å²) < 4.78 is 0. The molecule has 4 aliphatic carbocycles. The normalized spacial score (nSPS) is 16.3. The molecule has 0 saturated carbocycles. The van der Waals surface area contributed by atoms with Gasteiger partial charge >= 0.3 is 0 Å². The van der Waals surface area contributed by atoms with Crippen molar-refractivity contribution in [2.75, 3.05) is 41.3 Å². The standard InChI is InChI=1S/2C14H15NO3.2C14H15NO2/c1-8(7-15-2)10-6-12(17)9-4-3-5-11(16)13(9)14(10)18;1-8(15-2)6-9-7-12(17)10-4-3-5-11(16)13(10)14(9)18;1-9(8-15-2)12-7-13(16)10-5-3-4-6-11(10)14(12)17;1-9(15-2)7-10-8-13(16)11-5-3-4-6-12(11)14(10)17/h3-6,8,15-16H,7H2,1-2H3;3-5,7-8,15-16H,6H2,1-2H3;3-7,9,15H,8H2,1-2H3;3-6,8-9,15H,7H2,1-2H3. The highest BCUT2D eigenvalue weighted by atomic mass is 16.3. The van der Waals surface area contributed by atoms with Gasteiger partial charge in [-0.1, -0.05) is 86.6 Å². The van der Waals surface area contributed by atoms with Crippen molar-refractivity contribution in [3.8, 4) is 11.5 Å². The number of nitrogens with one attached hydrogen (secondary N) is 4. The summed E-state index contributed by atoms with van der Waals surface area (Å²) in [6.45, 7) is 9.03. The Morgan fingerprint density at radius 1 is 0.400 bits per heavy atom. The number of hydrogen-bond donors (Lipinski definition) is 6. The molecule has 4 aromatic rings. The third-order valence-corrected chi connectivity index (χ3v) is 12.4. The highest BCUT2D eigenvalue weighted by Gasteiger charge is 2.32. The molecule has 14 nitrogen and oxygen atoms in total. The molecule has 0 aromatic heterocycles. The van der Waals surface area contributed by atoms with Gasteiger partial charge in [0.15, 0.2) is 46.3 Å². The second-order valence-corrected chi connectivity index (χ2v) is 17.5. The third-order valence-electron chi connectivity index (χ3n) is 12.4. The smallest absolute Gasteiger partial charge is 0.193 e. The number of phenols is 2. The van der Waals surface area contributed by atoms with Crippen LogP contribution in [-0.4, -0.2) is 110 Å². The van der Waals surface area contributed by atoms with Gasteiger partial charge in [0, 0.05) is 80.8 Å². The van der Waals surface area contributed by atoms with Crippen LogP contribution in [0.25, 0.3) is 0 Å². The topological polar surface area (TPSA) is 225 Å². The van der Waals surface area contributed by atoms with E-state index in [9.17, 15) is 48.6 Å². The van der Waals surface area contributed by atoms with Gasteiger partial charge in [-0.15, -0.1) is 0 Å². The van der Waals surface area contributed by atoms with Gasteiger partial charge in [-0.3, -0.25) is 38.4 Å². The maximum absolute atomic E-state index is 12.3. The fourth-order valence-corrected chi connectivity index (χ4v) is 8.30. The lowest BCUT2D eigenvalue weighted by atomic mass is 9.83. The first-order chi connectivity index (χ1) is 33.4. The Morgan fingerprint density at radius 2 is 0.743 bits per heavy atom. The van der Waals surface area contributed by atoms with E-state index in [1.807, 2.05) is 41.8 Å². The summed E-state index contributed by atoms with van der Waals surface area (Å²) >= 11 is 0. The fraction of sp³-hybridized carbons (Fsp3) is 0.286. The van der Waals surface area contributed by atoms with Gasteiger partial charge in [0.2, 0.25) is 0 Å². The Hall–Kier alpha value is -7.36. The minimum absolute atomic E-state index is 0.0250. The number of hydrogen-bond acceptors (Lipinski definition) is 14. The van der Waals surface area contributed by atoms with Crippen LogP contribution in [0.3, 0.4) is 0 Å². The molecule has 0 bridgehead atoms. The van der Waals surface area contributed by atoms with Crippen LogP contribution in [0.15, 0.2) is 132 Å². The van der Waals surface area contributed by atoms with E-state index in [0.29, 0.717) is 70.5 Å². The maximum atomic E-state index is 12.3. The molecule has 8 rings (SSSR count). The molecular formula is C56H60N4O10. The largest absolute Gasteiger partial charge is 0.507 e. The van der Waals surface area contributed by atoms with Crippen LogP contribution < -0.4 is 21.3 Å². The number of carbonyl (C=O) groups excluding carboxylic acids is 8. The zero-order valence-electron chi connectivity index (χ0n) is 40.7. The van der Waals surface area contributed by atoms with Crippen molar-refractivity contribution in [1.82, 2.24) is 21.3 Å². The summed E-state index contributed by atoms with van der Waals surface area (Å²) in [6.07, 6.45) is 6.75.